The minimum absolute atomic E-state index is 0.270. The molecule has 0 spiro atoms. The molecule has 4 N–H and O–H groups in total. The summed E-state index contributed by atoms with van der Waals surface area (Å²) in [6.07, 6.45) is 3.84. The van der Waals surface area contributed by atoms with Gasteiger partial charge in [0.2, 0.25) is 0 Å². The molecule has 134 valence electrons. The molecule has 24 heavy (non-hydrogen) atoms. The number of carbonyl (C=O) groups is 1. The van der Waals surface area contributed by atoms with E-state index in [1.54, 1.807) is 7.11 Å². The van der Waals surface area contributed by atoms with Crippen LogP contribution in [-0.4, -0.2) is 30.9 Å². The van der Waals surface area contributed by atoms with Gasteiger partial charge in [-0.1, -0.05) is 0 Å². The maximum atomic E-state index is 11.9. The number of nitrogens with one attached hydrogen (secondary N) is 2. The maximum absolute atomic E-state index is 11.9. The average molecular weight is 335 g/mol. The quantitative estimate of drug-likeness (QED) is 0.781. The summed E-state index contributed by atoms with van der Waals surface area (Å²) in [4.78, 5) is 11.9. The molecule has 6 heteroatoms. The van der Waals surface area contributed by atoms with Crippen molar-refractivity contribution in [2.75, 3.05) is 17.7 Å². The molecule has 1 aromatic rings. The van der Waals surface area contributed by atoms with E-state index in [4.69, 9.17) is 15.2 Å². The van der Waals surface area contributed by atoms with Crippen molar-refractivity contribution in [1.82, 2.24) is 0 Å². The van der Waals surface area contributed by atoms with E-state index in [1.165, 1.54) is 0 Å². The summed E-state index contributed by atoms with van der Waals surface area (Å²) in [5.74, 6) is 0.589. The van der Waals surface area contributed by atoms with Crippen LogP contribution in [0.15, 0.2) is 18.2 Å². The fourth-order valence-electron chi connectivity index (χ4n) is 2.89. The minimum atomic E-state index is -0.543. The van der Waals surface area contributed by atoms with Gasteiger partial charge in [-0.25, -0.2) is 4.79 Å². The van der Waals surface area contributed by atoms with Gasteiger partial charge in [0.25, 0.3) is 0 Å². The summed E-state index contributed by atoms with van der Waals surface area (Å²) >= 11 is 0. The summed E-state index contributed by atoms with van der Waals surface area (Å²) in [5.41, 5.74) is 7.04. The van der Waals surface area contributed by atoms with Crippen molar-refractivity contribution < 1.29 is 14.3 Å². The Hall–Kier alpha value is -1.95. The van der Waals surface area contributed by atoms with Crippen molar-refractivity contribution in [2.24, 2.45) is 5.73 Å². The van der Waals surface area contributed by atoms with E-state index in [-0.39, 0.29) is 6.04 Å². The molecule has 0 aromatic heterocycles. The number of amides is 1. The maximum Gasteiger partial charge on any atom is 0.412 e. The molecule has 0 saturated heterocycles. The second-order valence-electron chi connectivity index (χ2n) is 7.31. The number of benzene rings is 1. The molecule has 2 unspecified atom stereocenters. The number of ether oxygens (including phenoxy) is 2. The molecule has 0 heterocycles. The van der Waals surface area contributed by atoms with Crippen LogP contribution in [0.4, 0.5) is 16.2 Å². The Morgan fingerprint density at radius 2 is 2.04 bits per heavy atom. The molecule has 1 aliphatic carbocycles. The van der Waals surface area contributed by atoms with E-state index >= 15 is 0 Å². The number of nitrogens with two attached hydrogens (primary N) is 1. The zero-order valence-electron chi connectivity index (χ0n) is 15.0. The number of hydrogen-bond donors (Lipinski definition) is 3. The van der Waals surface area contributed by atoms with Crippen LogP contribution in [0.25, 0.3) is 0 Å². The first-order valence-electron chi connectivity index (χ1n) is 8.47. The van der Waals surface area contributed by atoms with Gasteiger partial charge in [-0.05, 0) is 58.6 Å². The molecule has 1 aliphatic rings. The largest absolute Gasteiger partial charge is 0.494 e. The lowest BCUT2D eigenvalue weighted by Crippen LogP contribution is -2.34. The summed E-state index contributed by atoms with van der Waals surface area (Å²) in [5, 5.41) is 6.22. The van der Waals surface area contributed by atoms with Crippen molar-refractivity contribution in [1.29, 1.82) is 0 Å². The Kier molecular flexibility index (Phi) is 5.94. The van der Waals surface area contributed by atoms with Gasteiger partial charge in [0.05, 0.1) is 12.8 Å². The molecule has 6 nitrogen and oxygen atoms in total. The average Bonchev–Trinajstić information content (AvgIpc) is 2.47. The van der Waals surface area contributed by atoms with Gasteiger partial charge in [-0.3, -0.25) is 5.32 Å². The van der Waals surface area contributed by atoms with Crippen LogP contribution in [0.2, 0.25) is 0 Å². The predicted molar refractivity (Wildman–Crippen MR) is 96.7 cm³/mol. The summed E-state index contributed by atoms with van der Waals surface area (Å²) in [6, 6.07) is 6.27. The second kappa shape index (κ2) is 7.75. The van der Waals surface area contributed by atoms with Gasteiger partial charge < -0.3 is 20.5 Å². The zero-order chi connectivity index (χ0) is 17.7. The molecule has 1 amide bonds. The van der Waals surface area contributed by atoms with E-state index in [0.29, 0.717) is 17.5 Å². The van der Waals surface area contributed by atoms with Crippen LogP contribution in [0.3, 0.4) is 0 Å². The lowest BCUT2D eigenvalue weighted by atomic mass is 9.91. The summed E-state index contributed by atoms with van der Waals surface area (Å²) in [6.45, 7) is 5.48. The number of anilines is 2. The highest BCUT2D eigenvalue weighted by atomic mass is 16.6. The highest BCUT2D eigenvalue weighted by molar-refractivity contribution is 5.87. The Morgan fingerprint density at radius 1 is 1.29 bits per heavy atom. The molecule has 1 aromatic carbocycles. The summed E-state index contributed by atoms with van der Waals surface area (Å²) < 4.78 is 10.7. The van der Waals surface area contributed by atoms with Crippen molar-refractivity contribution in [2.45, 2.75) is 64.1 Å². The highest BCUT2D eigenvalue weighted by Gasteiger charge is 2.20. The van der Waals surface area contributed by atoms with E-state index < -0.39 is 11.7 Å². The van der Waals surface area contributed by atoms with Crippen LogP contribution in [0.5, 0.6) is 5.75 Å². The Bertz CT molecular complexity index is 569. The third-order valence-corrected chi connectivity index (χ3v) is 3.92. The van der Waals surface area contributed by atoms with Gasteiger partial charge in [-0.2, -0.15) is 0 Å². The molecular formula is C18H29N3O3. The molecular weight excluding hydrogens is 306 g/mol. The first kappa shape index (κ1) is 18.4. The van der Waals surface area contributed by atoms with Crippen LogP contribution < -0.4 is 21.1 Å². The van der Waals surface area contributed by atoms with Crippen molar-refractivity contribution >= 4 is 17.5 Å². The van der Waals surface area contributed by atoms with Gasteiger partial charge in [0.1, 0.15) is 11.4 Å². The fraction of sp³-hybridized carbons (Fsp3) is 0.611. The minimum Gasteiger partial charge on any atom is -0.494 e. The fourth-order valence-corrected chi connectivity index (χ4v) is 2.89. The third kappa shape index (κ3) is 5.60. The molecule has 1 saturated carbocycles. The summed E-state index contributed by atoms with van der Waals surface area (Å²) in [7, 11) is 1.58. The third-order valence-electron chi connectivity index (χ3n) is 3.92. The van der Waals surface area contributed by atoms with Crippen LogP contribution >= 0.6 is 0 Å². The number of methoxy groups -OCH3 is 1. The lowest BCUT2D eigenvalue weighted by molar-refractivity contribution is 0.0635. The van der Waals surface area contributed by atoms with Crippen LogP contribution in [0, 0.1) is 0 Å². The Labute approximate surface area is 144 Å². The second-order valence-corrected chi connectivity index (χ2v) is 7.31. The molecule has 0 aliphatic heterocycles. The van der Waals surface area contributed by atoms with E-state index in [2.05, 4.69) is 10.6 Å². The normalized spacial score (nSPS) is 21.0. The zero-order valence-corrected chi connectivity index (χ0v) is 15.0. The van der Waals surface area contributed by atoms with Crippen LogP contribution in [0.1, 0.15) is 46.5 Å². The lowest BCUT2D eigenvalue weighted by Gasteiger charge is -2.28. The van der Waals surface area contributed by atoms with E-state index in [9.17, 15) is 4.79 Å². The van der Waals surface area contributed by atoms with Crippen molar-refractivity contribution in [3.63, 3.8) is 0 Å². The monoisotopic (exact) mass is 335 g/mol. The first-order valence-corrected chi connectivity index (χ1v) is 8.47. The van der Waals surface area contributed by atoms with Crippen molar-refractivity contribution in [3.05, 3.63) is 18.2 Å². The smallest absolute Gasteiger partial charge is 0.412 e. The number of hydrogen-bond acceptors (Lipinski definition) is 5. The standard InChI is InChI=1S/C18H29N3O3/c1-18(2,3)24-17(22)21-15-9-8-14(11-16(15)23-4)20-13-7-5-6-12(19)10-13/h8-9,11-13,20H,5-7,10,19H2,1-4H3,(H,21,22). The van der Waals surface area contributed by atoms with E-state index in [1.807, 2.05) is 39.0 Å². The molecule has 2 rings (SSSR count). The van der Waals surface area contributed by atoms with Crippen molar-refractivity contribution in [3.8, 4) is 5.75 Å². The predicted octanol–water partition coefficient (Wildman–Crippen LogP) is 3.72. The number of carbonyl (C=O) groups excluding carboxylic acids is 1. The van der Waals surface area contributed by atoms with Gasteiger partial charge in [-0.15, -0.1) is 0 Å². The van der Waals surface area contributed by atoms with Gasteiger partial charge >= 0.3 is 6.09 Å². The van der Waals surface area contributed by atoms with Crippen LogP contribution in [-0.2, 0) is 4.74 Å². The topological polar surface area (TPSA) is 85.6 Å². The molecule has 1 fully saturated rings. The van der Waals surface area contributed by atoms with Gasteiger partial charge in [0.15, 0.2) is 0 Å². The molecule has 2 atom stereocenters. The highest BCUT2D eigenvalue weighted by Crippen LogP contribution is 2.30. The SMILES string of the molecule is COc1cc(NC2CCCC(N)C2)ccc1NC(=O)OC(C)(C)C. The van der Waals surface area contributed by atoms with Gasteiger partial charge in [0, 0.05) is 23.8 Å². The first-order chi connectivity index (χ1) is 11.3. The Balaban J connectivity index is 2.03. The molecule has 0 bridgehead atoms. The number of rotatable bonds is 4. The van der Waals surface area contributed by atoms with E-state index in [0.717, 1.165) is 31.4 Å². The Morgan fingerprint density at radius 3 is 2.67 bits per heavy atom. The molecule has 0 radical (unpaired) electrons.